The molecule has 92 valence electrons. The van der Waals surface area contributed by atoms with Gasteiger partial charge in [0.15, 0.2) is 5.78 Å². The highest BCUT2D eigenvalue weighted by molar-refractivity contribution is 6.30. The van der Waals surface area contributed by atoms with Crippen LogP contribution in [0.5, 0.6) is 0 Å². The van der Waals surface area contributed by atoms with Gasteiger partial charge in [-0.25, -0.2) is 8.78 Å². The van der Waals surface area contributed by atoms with Gasteiger partial charge in [-0.05, 0) is 29.8 Å². The molecule has 0 aromatic heterocycles. The van der Waals surface area contributed by atoms with Crippen LogP contribution in [0.2, 0.25) is 5.02 Å². The maximum absolute atomic E-state index is 13.4. The maximum Gasteiger partial charge on any atom is 0.170 e. The minimum Gasteiger partial charge on any atom is -0.294 e. The number of carbonyl (C=O) groups is 1. The molecule has 4 heteroatoms. The molecule has 0 spiro atoms. The highest BCUT2D eigenvalue weighted by Gasteiger charge is 2.12. The van der Waals surface area contributed by atoms with Crippen molar-refractivity contribution in [2.75, 3.05) is 0 Å². The van der Waals surface area contributed by atoms with E-state index in [0.29, 0.717) is 11.1 Å². The molecule has 0 aliphatic carbocycles. The number of hydrogen-bond acceptors (Lipinski definition) is 1. The predicted molar refractivity (Wildman–Crippen MR) is 65.8 cm³/mol. The molecule has 0 aliphatic rings. The summed E-state index contributed by atoms with van der Waals surface area (Å²) >= 11 is 5.72. The molecule has 0 radical (unpaired) electrons. The Kier molecular flexibility index (Phi) is 3.72. The summed E-state index contributed by atoms with van der Waals surface area (Å²) in [6.45, 7) is 0. The van der Waals surface area contributed by atoms with E-state index in [4.69, 9.17) is 11.6 Å². The Morgan fingerprint density at radius 1 is 1.06 bits per heavy atom. The zero-order valence-electron chi connectivity index (χ0n) is 9.29. The average Bonchev–Trinajstić information content (AvgIpc) is 2.32. The number of Topliss-reactive ketones (excluding diaryl/α,β-unsaturated/α-hetero) is 1. The molecule has 0 fully saturated rings. The van der Waals surface area contributed by atoms with Crippen molar-refractivity contribution in [3.8, 4) is 0 Å². The minimum atomic E-state index is -0.839. The van der Waals surface area contributed by atoms with Crippen LogP contribution in [0.1, 0.15) is 15.9 Å². The van der Waals surface area contributed by atoms with Crippen molar-refractivity contribution in [3.63, 3.8) is 0 Å². The van der Waals surface area contributed by atoms with Gasteiger partial charge < -0.3 is 0 Å². The molecule has 0 saturated heterocycles. The summed E-state index contributed by atoms with van der Waals surface area (Å²) in [5.41, 5.74) is 0.625. The van der Waals surface area contributed by atoms with Gasteiger partial charge in [0.25, 0.3) is 0 Å². The standard InChI is InChI=1S/C14H9ClF2O/c15-10-3-1-9(2-4-10)7-14(18)12-6-5-11(16)8-13(12)17/h1-6,8H,7H2. The van der Waals surface area contributed by atoms with E-state index < -0.39 is 17.4 Å². The molecular formula is C14H9ClF2O. The van der Waals surface area contributed by atoms with Gasteiger partial charge in [-0.1, -0.05) is 23.7 Å². The fourth-order valence-corrected chi connectivity index (χ4v) is 1.72. The highest BCUT2D eigenvalue weighted by atomic mass is 35.5. The van der Waals surface area contributed by atoms with Crippen molar-refractivity contribution in [2.45, 2.75) is 6.42 Å². The SMILES string of the molecule is O=C(Cc1ccc(Cl)cc1)c1ccc(F)cc1F. The number of benzene rings is 2. The molecule has 0 unspecified atom stereocenters. The third kappa shape index (κ3) is 2.93. The Hall–Kier alpha value is -1.74. The lowest BCUT2D eigenvalue weighted by molar-refractivity contribution is 0.0989. The summed E-state index contributed by atoms with van der Waals surface area (Å²) in [4.78, 5) is 11.8. The van der Waals surface area contributed by atoms with Gasteiger partial charge >= 0.3 is 0 Å². The van der Waals surface area contributed by atoms with Crippen LogP contribution in [0, 0.1) is 11.6 Å². The fourth-order valence-electron chi connectivity index (χ4n) is 1.60. The van der Waals surface area contributed by atoms with Crippen LogP contribution >= 0.6 is 11.6 Å². The monoisotopic (exact) mass is 266 g/mol. The van der Waals surface area contributed by atoms with E-state index in [1.54, 1.807) is 24.3 Å². The van der Waals surface area contributed by atoms with E-state index in [0.717, 1.165) is 17.7 Å². The highest BCUT2D eigenvalue weighted by Crippen LogP contribution is 2.15. The third-order valence-corrected chi connectivity index (χ3v) is 2.76. The quantitative estimate of drug-likeness (QED) is 0.766. The number of halogens is 3. The maximum atomic E-state index is 13.4. The summed E-state index contributed by atoms with van der Waals surface area (Å²) in [5, 5.41) is 0.569. The first kappa shape index (κ1) is 12.7. The van der Waals surface area contributed by atoms with Crippen molar-refractivity contribution in [1.82, 2.24) is 0 Å². The van der Waals surface area contributed by atoms with Gasteiger partial charge in [-0.15, -0.1) is 0 Å². The van der Waals surface area contributed by atoms with E-state index in [-0.39, 0.29) is 12.0 Å². The Morgan fingerprint density at radius 2 is 1.72 bits per heavy atom. The number of hydrogen-bond donors (Lipinski definition) is 0. The van der Waals surface area contributed by atoms with Crippen LogP contribution in [0.3, 0.4) is 0 Å². The number of ketones is 1. The Bertz CT molecular complexity index is 579. The number of rotatable bonds is 3. The normalized spacial score (nSPS) is 10.4. The Balaban J connectivity index is 2.19. The molecule has 0 saturated carbocycles. The van der Waals surface area contributed by atoms with Crippen molar-refractivity contribution in [2.24, 2.45) is 0 Å². The molecule has 0 amide bonds. The molecule has 0 atom stereocenters. The van der Waals surface area contributed by atoms with Crippen molar-refractivity contribution in [3.05, 3.63) is 70.2 Å². The van der Waals surface area contributed by atoms with Gasteiger partial charge in [0, 0.05) is 17.5 Å². The van der Waals surface area contributed by atoms with E-state index in [1.165, 1.54) is 0 Å². The molecule has 2 aromatic carbocycles. The first-order valence-corrected chi connectivity index (χ1v) is 5.67. The second-order valence-electron chi connectivity index (χ2n) is 3.85. The largest absolute Gasteiger partial charge is 0.294 e. The molecule has 1 nitrogen and oxygen atoms in total. The summed E-state index contributed by atoms with van der Waals surface area (Å²) in [6.07, 6.45) is 0.0553. The Morgan fingerprint density at radius 3 is 2.33 bits per heavy atom. The van der Waals surface area contributed by atoms with Crippen LogP contribution in [-0.4, -0.2) is 5.78 Å². The van der Waals surface area contributed by atoms with Crippen molar-refractivity contribution >= 4 is 17.4 Å². The lowest BCUT2D eigenvalue weighted by atomic mass is 10.0. The molecule has 0 aliphatic heterocycles. The van der Waals surface area contributed by atoms with Gasteiger partial charge in [-0.2, -0.15) is 0 Å². The van der Waals surface area contributed by atoms with Crippen LogP contribution < -0.4 is 0 Å². The fraction of sp³-hybridized carbons (Fsp3) is 0.0714. The molecule has 0 heterocycles. The molecule has 0 N–H and O–H groups in total. The molecule has 0 bridgehead atoms. The van der Waals surface area contributed by atoms with Gasteiger partial charge in [0.2, 0.25) is 0 Å². The molecule has 18 heavy (non-hydrogen) atoms. The lowest BCUT2D eigenvalue weighted by Gasteiger charge is -2.03. The van der Waals surface area contributed by atoms with Crippen LogP contribution in [0.4, 0.5) is 8.78 Å². The molecule has 2 rings (SSSR count). The summed E-state index contributed by atoms with van der Waals surface area (Å²) in [7, 11) is 0. The topological polar surface area (TPSA) is 17.1 Å². The predicted octanol–water partition coefficient (Wildman–Crippen LogP) is 4.04. The van der Waals surface area contributed by atoms with E-state index >= 15 is 0 Å². The average molecular weight is 267 g/mol. The second kappa shape index (κ2) is 5.27. The number of carbonyl (C=O) groups excluding carboxylic acids is 1. The van der Waals surface area contributed by atoms with E-state index in [9.17, 15) is 13.6 Å². The molecule has 2 aromatic rings. The smallest absolute Gasteiger partial charge is 0.170 e. The Labute approximate surface area is 108 Å². The van der Waals surface area contributed by atoms with Crippen molar-refractivity contribution in [1.29, 1.82) is 0 Å². The third-order valence-electron chi connectivity index (χ3n) is 2.51. The van der Waals surface area contributed by atoms with Gasteiger partial charge in [0.05, 0.1) is 5.56 Å². The first-order chi connectivity index (χ1) is 8.56. The van der Waals surface area contributed by atoms with E-state index in [2.05, 4.69) is 0 Å². The summed E-state index contributed by atoms with van der Waals surface area (Å²) < 4.78 is 26.1. The van der Waals surface area contributed by atoms with Crippen LogP contribution in [0.15, 0.2) is 42.5 Å². The zero-order chi connectivity index (χ0) is 13.1. The zero-order valence-corrected chi connectivity index (χ0v) is 10.0. The lowest BCUT2D eigenvalue weighted by Crippen LogP contribution is -2.06. The summed E-state index contributed by atoms with van der Waals surface area (Å²) in [6, 6.07) is 9.63. The van der Waals surface area contributed by atoms with E-state index in [1.807, 2.05) is 0 Å². The second-order valence-corrected chi connectivity index (χ2v) is 4.29. The summed E-state index contributed by atoms with van der Waals surface area (Å²) in [5.74, 6) is -1.93. The molecular weight excluding hydrogens is 258 g/mol. The first-order valence-electron chi connectivity index (χ1n) is 5.29. The van der Waals surface area contributed by atoms with Crippen LogP contribution in [0.25, 0.3) is 0 Å². The van der Waals surface area contributed by atoms with Crippen LogP contribution in [-0.2, 0) is 6.42 Å². The van der Waals surface area contributed by atoms with Gasteiger partial charge in [-0.3, -0.25) is 4.79 Å². The van der Waals surface area contributed by atoms with Crippen molar-refractivity contribution < 1.29 is 13.6 Å². The van der Waals surface area contributed by atoms with Gasteiger partial charge in [0.1, 0.15) is 11.6 Å². The minimum absolute atomic E-state index is 0.0553.